The van der Waals surface area contributed by atoms with Crippen molar-refractivity contribution in [3.05, 3.63) is 22.7 Å². The van der Waals surface area contributed by atoms with Gasteiger partial charge in [0.05, 0.1) is 6.54 Å². The van der Waals surface area contributed by atoms with E-state index in [0.717, 1.165) is 38.4 Å². The van der Waals surface area contributed by atoms with Gasteiger partial charge in [0.25, 0.3) is 0 Å². The molecule has 0 unspecified atom stereocenters. The normalized spacial score (nSPS) is 17.1. The third-order valence-electron chi connectivity index (χ3n) is 3.16. The monoisotopic (exact) mass is 315 g/mol. The molecule has 0 aliphatic carbocycles. The first-order chi connectivity index (χ1) is 9.69. The van der Waals surface area contributed by atoms with Gasteiger partial charge in [-0.1, -0.05) is 22.2 Å². The molecule has 110 valence electrons. The zero-order valence-corrected chi connectivity index (χ0v) is 12.8. The van der Waals surface area contributed by atoms with Gasteiger partial charge >= 0.3 is 0 Å². The summed E-state index contributed by atoms with van der Waals surface area (Å²) in [6.07, 6.45) is 1.68. The van der Waals surface area contributed by atoms with Crippen molar-refractivity contribution in [2.24, 2.45) is 0 Å². The molecule has 0 saturated carbocycles. The highest BCUT2D eigenvalue weighted by Gasteiger charge is 2.20. The Balaban J connectivity index is 1.71. The van der Waals surface area contributed by atoms with Crippen molar-refractivity contribution in [3.63, 3.8) is 0 Å². The summed E-state index contributed by atoms with van der Waals surface area (Å²) in [7, 11) is 0. The first-order valence-electron chi connectivity index (χ1n) is 6.48. The second-order valence-electron chi connectivity index (χ2n) is 4.64. The highest BCUT2D eigenvalue weighted by molar-refractivity contribution is 7.10. The summed E-state index contributed by atoms with van der Waals surface area (Å²) >= 11 is 7.22. The fraction of sp³-hybridized carbons (Fsp3) is 0.583. The molecule has 1 aliphatic heterocycles. The van der Waals surface area contributed by atoms with Crippen LogP contribution in [0, 0.1) is 0 Å². The molecular weight excluding hydrogens is 298 g/mol. The molecule has 6 nitrogen and oxygen atoms in total. The van der Waals surface area contributed by atoms with Gasteiger partial charge in [-0.15, -0.1) is 11.7 Å². The molecule has 1 saturated heterocycles. The van der Waals surface area contributed by atoms with Gasteiger partial charge in [-0.05, 0) is 0 Å². The molecule has 2 rings (SSSR count). The maximum atomic E-state index is 11.6. The van der Waals surface area contributed by atoms with Crippen molar-refractivity contribution in [1.82, 2.24) is 24.7 Å². The van der Waals surface area contributed by atoms with E-state index in [1.54, 1.807) is 6.08 Å². The zero-order valence-electron chi connectivity index (χ0n) is 11.2. The maximum Gasteiger partial charge on any atom is 0.234 e. The van der Waals surface area contributed by atoms with Crippen molar-refractivity contribution in [2.45, 2.75) is 6.54 Å². The summed E-state index contributed by atoms with van der Waals surface area (Å²) in [5.74, 6) is 0.0464. The van der Waals surface area contributed by atoms with Gasteiger partial charge in [0.1, 0.15) is 10.0 Å². The van der Waals surface area contributed by atoms with Crippen LogP contribution in [-0.4, -0.2) is 64.6 Å². The van der Waals surface area contributed by atoms with Crippen molar-refractivity contribution >= 4 is 29.0 Å². The first-order valence-corrected chi connectivity index (χ1v) is 7.63. The maximum absolute atomic E-state index is 11.6. The third-order valence-corrected chi connectivity index (χ3v) is 4.14. The Morgan fingerprint density at radius 3 is 2.70 bits per heavy atom. The van der Waals surface area contributed by atoms with Crippen molar-refractivity contribution < 1.29 is 4.79 Å². The highest BCUT2D eigenvalue weighted by atomic mass is 35.5. The molecule has 1 aromatic rings. The van der Waals surface area contributed by atoms with Crippen LogP contribution in [0.15, 0.2) is 12.7 Å². The van der Waals surface area contributed by atoms with Crippen LogP contribution in [0.3, 0.4) is 0 Å². The quantitative estimate of drug-likeness (QED) is 0.780. The Hall–Kier alpha value is -1.02. The van der Waals surface area contributed by atoms with E-state index in [9.17, 15) is 4.79 Å². The molecule has 0 spiro atoms. The summed E-state index contributed by atoms with van der Waals surface area (Å²) in [6.45, 7) is 8.83. The summed E-state index contributed by atoms with van der Waals surface area (Å²) in [5, 5.41) is 6.81. The van der Waals surface area contributed by atoms with Gasteiger partial charge in [0.2, 0.25) is 5.91 Å². The van der Waals surface area contributed by atoms with Gasteiger partial charge in [0.15, 0.2) is 0 Å². The number of carbonyl (C=O) groups excluding carboxylic acids is 1. The molecule has 1 aliphatic rings. The molecule has 2 heterocycles. The first kappa shape index (κ1) is 15.4. The second kappa shape index (κ2) is 7.68. The minimum absolute atomic E-state index is 0.0464. The van der Waals surface area contributed by atoms with E-state index in [4.69, 9.17) is 11.6 Å². The van der Waals surface area contributed by atoms with E-state index in [0.29, 0.717) is 17.4 Å². The largest absolute Gasteiger partial charge is 0.352 e. The average Bonchev–Trinajstić information content (AvgIpc) is 2.84. The van der Waals surface area contributed by atoms with Gasteiger partial charge < -0.3 is 5.32 Å². The van der Waals surface area contributed by atoms with E-state index in [-0.39, 0.29) is 5.91 Å². The highest BCUT2D eigenvalue weighted by Crippen LogP contribution is 2.19. The number of nitrogens with zero attached hydrogens (tertiary/aromatic N) is 4. The van der Waals surface area contributed by atoms with Gasteiger partial charge in [-0.3, -0.25) is 14.6 Å². The summed E-state index contributed by atoms with van der Waals surface area (Å²) in [4.78, 5) is 16.0. The number of rotatable bonds is 6. The summed E-state index contributed by atoms with van der Waals surface area (Å²) in [5.41, 5.74) is 0.842. The minimum Gasteiger partial charge on any atom is -0.352 e. The van der Waals surface area contributed by atoms with Gasteiger partial charge in [-0.25, -0.2) is 0 Å². The number of nitrogens with one attached hydrogen (secondary N) is 1. The van der Waals surface area contributed by atoms with Crippen molar-refractivity contribution in [1.29, 1.82) is 0 Å². The van der Waals surface area contributed by atoms with Crippen molar-refractivity contribution in [3.8, 4) is 0 Å². The lowest BCUT2D eigenvalue weighted by Crippen LogP contribution is -2.49. The molecule has 1 N–H and O–H groups in total. The average molecular weight is 316 g/mol. The van der Waals surface area contributed by atoms with E-state index in [2.05, 4.69) is 31.3 Å². The molecule has 0 aromatic carbocycles. The van der Waals surface area contributed by atoms with E-state index < -0.39 is 0 Å². The van der Waals surface area contributed by atoms with Crippen LogP contribution >= 0.6 is 23.1 Å². The zero-order chi connectivity index (χ0) is 14.4. The SMILES string of the molecule is C=CCNC(=O)CN1CCN(Cc2nnsc2Cl)CC1. The van der Waals surface area contributed by atoms with Crippen LogP contribution in [0.2, 0.25) is 4.34 Å². The topological polar surface area (TPSA) is 61.4 Å². The lowest BCUT2D eigenvalue weighted by molar-refractivity contribution is -0.122. The lowest BCUT2D eigenvalue weighted by Gasteiger charge is -2.33. The lowest BCUT2D eigenvalue weighted by atomic mass is 10.3. The standard InChI is InChI=1S/C12H18ClN5OS/c1-2-3-14-11(19)9-18-6-4-17(5-7-18)8-10-12(13)20-16-15-10/h2H,1,3-9H2,(H,14,19). The molecule has 1 amide bonds. The molecule has 1 aromatic heterocycles. The molecule has 1 fully saturated rings. The number of halogens is 1. The van der Waals surface area contributed by atoms with Crippen LogP contribution in [0.4, 0.5) is 0 Å². The van der Waals surface area contributed by atoms with E-state index >= 15 is 0 Å². The minimum atomic E-state index is 0.0464. The fourth-order valence-electron chi connectivity index (χ4n) is 2.05. The smallest absolute Gasteiger partial charge is 0.234 e. The van der Waals surface area contributed by atoms with Crippen LogP contribution in [0.5, 0.6) is 0 Å². The van der Waals surface area contributed by atoms with Crippen LogP contribution in [0.1, 0.15) is 5.69 Å². The Labute approximate surface area is 127 Å². The summed E-state index contributed by atoms with van der Waals surface area (Å²) in [6, 6.07) is 0. The number of hydrogen-bond donors (Lipinski definition) is 1. The van der Waals surface area contributed by atoms with Crippen molar-refractivity contribution in [2.75, 3.05) is 39.3 Å². The number of aromatic nitrogens is 2. The van der Waals surface area contributed by atoms with Crippen LogP contribution in [-0.2, 0) is 11.3 Å². The van der Waals surface area contributed by atoms with Gasteiger partial charge in [0, 0.05) is 50.8 Å². The Morgan fingerprint density at radius 2 is 2.10 bits per heavy atom. The van der Waals surface area contributed by atoms with Crippen LogP contribution in [0.25, 0.3) is 0 Å². The van der Waals surface area contributed by atoms with Crippen LogP contribution < -0.4 is 5.32 Å². The number of amides is 1. The molecule has 20 heavy (non-hydrogen) atoms. The number of hydrogen-bond acceptors (Lipinski definition) is 6. The Bertz CT molecular complexity index is 458. The number of carbonyl (C=O) groups is 1. The molecular formula is C12H18ClN5OS. The second-order valence-corrected chi connectivity index (χ2v) is 5.99. The predicted molar refractivity (Wildman–Crippen MR) is 79.8 cm³/mol. The van der Waals surface area contributed by atoms with Gasteiger partial charge in [-0.2, -0.15) is 0 Å². The third kappa shape index (κ3) is 4.52. The number of piperazine rings is 1. The molecule has 0 radical (unpaired) electrons. The Morgan fingerprint density at radius 1 is 1.40 bits per heavy atom. The Kier molecular flexibility index (Phi) is 5.90. The summed E-state index contributed by atoms with van der Waals surface area (Å²) < 4.78 is 4.49. The van der Waals surface area contributed by atoms with E-state index in [1.807, 2.05) is 0 Å². The predicted octanol–water partition coefficient (Wildman–Crippen LogP) is 0.611. The molecule has 0 bridgehead atoms. The molecule has 8 heteroatoms. The van der Waals surface area contributed by atoms with E-state index in [1.165, 1.54) is 11.5 Å². The molecule has 0 atom stereocenters. The fourth-order valence-corrected chi connectivity index (χ4v) is 2.67.